The number of thiophene rings is 1. The van der Waals surface area contributed by atoms with Gasteiger partial charge < -0.3 is 10.1 Å². The molecule has 6 nitrogen and oxygen atoms in total. The first kappa shape index (κ1) is 19.6. The summed E-state index contributed by atoms with van der Waals surface area (Å²) in [4.78, 5) is 26.8. The number of anilines is 1. The van der Waals surface area contributed by atoms with Gasteiger partial charge in [0.2, 0.25) is 0 Å². The quantitative estimate of drug-likeness (QED) is 0.751. The Morgan fingerprint density at radius 2 is 2.22 bits per heavy atom. The number of nitrogens with one attached hydrogen (secondary N) is 1. The third kappa shape index (κ3) is 4.40. The number of carbonyl (C=O) groups is 2. The van der Waals surface area contributed by atoms with Crippen LogP contribution in [0.25, 0.3) is 0 Å². The van der Waals surface area contributed by atoms with Crippen molar-refractivity contribution >= 4 is 29.0 Å². The number of aryl methyl sites for hydroxylation is 1. The van der Waals surface area contributed by atoms with Crippen LogP contribution in [0.3, 0.4) is 0 Å². The molecular weight excluding hydrogens is 362 g/mol. The van der Waals surface area contributed by atoms with Crippen molar-refractivity contribution in [3.63, 3.8) is 0 Å². The Morgan fingerprint density at radius 1 is 1.44 bits per heavy atom. The van der Waals surface area contributed by atoms with Gasteiger partial charge in [-0.3, -0.25) is 4.79 Å². The molecule has 0 aromatic carbocycles. The van der Waals surface area contributed by atoms with Crippen molar-refractivity contribution in [1.29, 1.82) is 0 Å². The zero-order valence-corrected chi connectivity index (χ0v) is 17.1. The van der Waals surface area contributed by atoms with Crippen molar-refractivity contribution in [3.05, 3.63) is 33.6 Å². The summed E-state index contributed by atoms with van der Waals surface area (Å²) in [7, 11) is 0. The zero-order chi connectivity index (χ0) is 19.6. The maximum absolute atomic E-state index is 12.5. The molecule has 0 spiro atoms. The van der Waals surface area contributed by atoms with Gasteiger partial charge in [0.25, 0.3) is 5.91 Å². The summed E-state index contributed by atoms with van der Waals surface area (Å²) in [6.45, 7) is 7.91. The van der Waals surface area contributed by atoms with Gasteiger partial charge in [0.05, 0.1) is 12.2 Å². The highest BCUT2D eigenvalue weighted by Gasteiger charge is 2.25. The molecule has 27 heavy (non-hydrogen) atoms. The predicted octanol–water partition coefficient (Wildman–Crippen LogP) is 4.22. The Labute approximate surface area is 163 Å². The van der Waals surface area contributed by atoms with Crippen LogP contribution in [0.15, 0.2) is 18.3 Å². The first-order valence-electron chi connectivity index (χ1n) is 9.56. The molecule has 1 N–H and O–H groups in total. The number of fused-ring (bicyclic) bond motifs is 1. The molecule has 0 bridgehead atoms. The molecule has 1 aliphatic rings. The summed E-state index contributed by atoms with van der Waals surface area (Å²) in [5.41, 5.74) is 1.25. The van der Waals surface area contributed by atoms with E-state index in [1.54, 1.807) is 23.9 Å². The number of amides is 1. The fourth-order valence-corrected chi connectivity index (χ4v) is 4.34. The van der Waals surface area contributed by atoms with Gasteiger partial charge in [-0.15, -0.1) is 11.3 Å². The molecule has 0 saturated carbocycles. The standard InChI is InChI=1S/C20H27N3O3S/c1-5-13(3)23-18(8-9-21-23)22-19(24)14(4)26-20(25)17-11-15-10-12(2)6-7-16(15)27-17/h8-9,11-14H,5-7,10H2,1-4H3,(H,22,24)/t12-,13-,14-/m0/s1. The minimum Gasteiger partial charge on any atom is -0.448 e. The Morgan fingerprint density at radius 3 is 2.96 bits per heavy atom. The molecule has 3 rings (SSSR count). The molecule has 1 aliphatic carbocycles. The van der Waals surface area contributed by atoms with Crippen LogP contribution >= 0.6 is 11.3 Å². The lowest BCUT2D eigenvalue weighted by Gasteiger charge is -2.16. The van der Waals surface area contributed by atoms with Crippen molar-refractivity contribution in [2.24, 2.45) is 5.92 Å². The van der Waals surface area contributed by atoms with E-state index in [0.717, 1.165) is 25.7 Å². The second-order valence-corrected chi connectivity index (χ2v) is 8.50. The first-order chi connectivity index (χ1) is 12.9. The van der Waals surface area contributed by atoms with Gasteiger partial charge in [-0.05, 0) is 57.1 Å². The zero-order valence-electron chi connectivity index (χ0n) is 16.3. The van der Waals surface area contributed by atoms with E-state index in [9.17, 15) is 9.59 Å². The molecule has 2 heterocycles. The normalized spacial score (nSPS) is 18.4. The topological polar surface area (TPSA) is 73.2 Å². The third-order valence-corrected chi connectivity index (χ3v) is 6.33. The van der Waals surface area contributed by atoms with Crippen LogP contribution in [0.1, 0.15) is 66.7 Å². The van der Waals surface area contributed by atoms with Crippen LogP contribution in [0.4, 0.5) is 5.82 Å². The smallest absolute Gasteiger partial charge is 0.349 e. The number of hydrogen-bond donors (Lipinski definition) is 1. The molecule has 0 fully saturated rings. The molecule has 2 aromatic heterocycles. The molecule has 146 valence electrons. The van der Waals surface area contributed by atoms with Crippen LogP contribution in [-0.2, 0) is 22.4 Å². The van der Waals surface area contributed by atoms with Gasteiger partial charge in [-0.1, -0.05) is 13.8 Å². The van der Waals surface area contributed by atoms with Crippen LogP contribution in [0.2, 0.25) is 0 Å². The average Bonchev–Trinajstić information content (AvgIpc) is 3.27. The van der Waals surface area contributed by atoms with Crippen LogP contribution in [-0.4, -0.2) is 27.8 Å². The van der Waals surface area contributed by atoms with Crippen LogP contribution < -0.4 is 5.32 Å². The summed E-state index contributed by atoms with van der Waals surface area (Å²) >= 11 is 1.49. The molecule has 2 aromatic rings. The number of nitrogens with zero attached hydrogens (tertiary/aromatic N) is 2. The number of carbonyl (C=O) groups excluding carboxylic acids is 2. The van der Waals surface area contributed by atoms with E-state index < -0.39 is 12.1 Å². The highest BCUT2D eigenvalue weighted by molar-refractivity contribution is 7.14. The average molecular weight is 390 g/mol. The number of rotatable bonds is 6. The fourth-order valence-electron chi connectivity index (χ4n) is 3.24. The predicted molar refractivity (Wildman–Crippen MR) is 106 cm³/mol. The summed E-state index contributed by atoms with van der Waals surface area (Å²) in [6, 6.07) is 3.85. The van der Waals surface area contributed by atoms with E-state index in [1.165, 1.54) is 21.8 Å². The number of esters is 1. The van der Waals surface area contributed by atoms with Gasteiger partial charge in [0, 0.05) is 10.9 Å². The Kier molecular flexibility index (Phi) is 5.99. The Bertz CT molecular complexity index is 826. The second kappa shape index (κ2) is 8.25. The van der Waals surface area contributed by atoms with Crippen molar-refractivity contribution in [3.8, 4) is 0 Å². The van der Waals surface area contributed by atoms with Crippen molar-refractivity contribution in [1.82, 2.24) is 9.78 Å². The molecule has 0 unspecified atom stereocenters. The lowest BCUT2D eigenvalue weighted by atomic mass is 9.90. The second-order valence-electron chi connectivity index (χ2n) is 7.36. The summed E-state index contributed by atoms with van der Waals surface area (Å²) in [6.07, 6.45) is 4.85. The Hall–Kier alpha value is -2.15. The molecule has 7 heteroatoms. The van der Waals surface area contributed by atoms with E-state index in [4.69, 9.17) is 4.74 Å². The van der Waals surface area contributed by atoms with Gasteiger partial charge in [-0.2, -0.15) is 5.10 Å². The fraction of sp³-hybridized carbons (Fsp3) is 0.550. The van der Waals surface area contributed by atoms with Gasteiger partial charge in [0.1, 0.15) is 10.7 Å². The number of hydrogen-bond acceptors (Lipinski definition) is 5. The number of aromatic nitrogens is 2. The van der Waals surface area contributed by atoms with Crippen molar-refractivity contribution < 1.29 is 14.3 Å². The lowest BCUT2D eigenvalue weighted by molar-refractivity contribution is -0.123. The van der Waals surface area contributed by atoms with Crippen LogP contribution in [0, 0.1) is 5.92 Å². The van der Waals surface area contributed by atoms with E-state index in [-0.39, 0.29) is 11.9 Å². The van der Waals surface area contributed by atoms with E-state index in [2.05, 4.69) is 24.3 Å². The molecule has 0 saturated heterocycles. The van der Waals surface area contributed by atoms with E-state index in [1.807, 2.05) is 13.0 Å². The molecule has 0 aliphatic heterocycles. The first-order valence-corrected chi connectivity index (χ1v) is 10.4. The summed E-state index contributed by atoms with van der Waals surface area (Å²) in [5, 5.41) is 7.05. The highest BCUT2D eigenvalue weighted by Crippen LogP contribution is 2.32. The molecule has 0 radical (unpaired) electrons. The van der Waals surface area contributed by atoms with Crippen molar-refractivity contribution in [2.75, 3.05) is 5.32 Å². The minimum atomic E-state index is -0.879. The summed E-state index contributed by atoms with van der Waals surface area (Å²) in [5.74, 6) is 0.470. The van der Waals surface area contributed by atoms with Crippen molar-refractivity contribution in [2.45, 2.75) is 65.5 Å². The third-order valence-electron chi connectivity index (χ3n) is 5.11. The SMILES string of the molecule is CC[C@H](C)n1nccc1NC(=O)[C@H](C)OC(=O)c1cc2c(s1)CC[C@H](C)C2. The van der Waals surface area contributed by atoms with Gasteiger partial charge in [0.15, 0.2) is 6.10 Å². The molecular formula is C20H27N3O3S. The minimum absolute atomic E-state index is 0.174. The number of ether oxygens (including phenoxy) is 1. The monoisotopic (exact) mass is 389 g/mol. The largest absolute Gasteiger partial charge is 0.448 e. The van der Waals surface area contributed by atoms with Gasteiger partial charge in [-0.25, -0.2) is 9.48 Å². The Balaban J connectivity index is 1.61. The highest BCUT2D eigenvalue weighted by atomic mass is 32.1. The summed E-state index contributed by atoms with van der Waals surface area (Å²) < 4.78 is 7.17. The van der Waals surface area contributed by atoms with Crippen LogP contribution in [0.5, 0.6) is 0 Å². The maximum atomic E-state index is 12.5. The van der Waals surface area contributed by atoms with E-state index in [0.29, 0.717) is 16.6 Å². The van der Waals surface area contributed by atoms with Gasteiger partial charge >= 0.3 is 5.97 Å². The maximum Gasteiger partial charge on any atom is 0.349 e. The van der Waals surface area contributed by atoms with E-state index >= 15 is 0 Å². The molecule has 1 amide bonds. The lowest BCUT2D eigenvalue weighted by Crippen LogP contribution is -2.31. The molecule has 3 atom stereocenters.